The van der Waals surface area contributed by atoms with Crippen molar-refractivity contribution in [2.75, 3.05) is 26.4 Å². The number of ether oxygens (including phenoxy) is 3. The molecule has 0 radical (unpaired) electrons. The van der Waals surface area contributed by atoms with Gasteiger partial charge in [0, 0.05) is 19.3 Å². The molecular weight excluding hydrogens is 904 g/mol. The molecule has 0 amide bonds. The first-order valence-electron chi connectivity index (χ1n) is 28.9. The number of unbranched alkanes of at least 4 members (excludes halogenated alkanes) is 31. The van der Waals surface area contributed by atoms with Crippen LogP contribution in [0.2, 0.25) is 0 Å². The standard InChI is InChI=1S/C58H107O11P/c1-4-7-10-13-16-19-22-24-26-27-29-31-34-37-40-43-46-49-58(62)69-55(51-65-56(60)47-44-41-38-35-33-30-28-25-23-20-17-14-11-8-5-2)53-67-70(63,64)66-52-54(50-59)68-57(61)48-45-42-39-36-32-21-18-15-12-9-6-3/h8,11,17,20,25,28,54-55,59H,4-7,9-10,12-16,18-19,21-24,26-27,29-53H2,1-3H3,(H,63,64)/b11-8-,20-17-,28-25-. The predicted molar refractivity (Wildman–Crippen MR) is 289 cm³/mol. The number of hydrogen-bond acceptors (Lipinski definition) is 10. The third-order valence-electron chi connectivity index (χ3n) is 12.6. The lowest BCUT2D eigenvalue weighted by atomic mass is 10.0. The average molecular weight is 1010 g/mol. The molecule has 11 nitrogen and oxygen atoms in total. The summed E-state index contributed by atoms with van der Waals surface area (Å²) >= 11 is 0. The predicted octanol–water partition coefficient (Wildman–Crippen LogP) is 16.8. The largest absolute Gasteiger partial charge is 0.472 e. The smallest absolute Gasteiger partial charge is 0.462 e. The Morgan fingerprint density at radius 3 is 1.14 bits per heavy atom. The topological polar surface area (TPSA) is 155 Å². The molecule has 0 fully saturated rings. The maximum Gasteiger partial charge on any atom is 0.472 e. The van der Waals surface area contributed by atoms with Crippen LogP contribution in [0.25, 0.3) is 0 Å². The SMILES string of the molecule is CC/C=C\C/C=C\C/C=C\CCCCCCCC(=O)OCC(COP(=O)(O)OCC(CO)OC(=O)CCCCCCCCCCCCC)OC(=O)CCCCCCCCCCCCCCCCCCC. The summed E-state index contributed by atoms with van der Waals surface area (Å²) in [5, 5.41) is 9.79. The van der Waals surface area contributed by atoms with Gasteiger partial charge in [-0.1, -0.05) is 243 Å². The fourth-order valence-electron chi connectivity index (χ4n) is 8.20. The van der Waals surface area contributed by atoms with Crippen LogP contribution in [-0.4, -0.2) is 66.5 Å². The Morgan fingerprint density at radius 2 is 0.743 bits per heavy atom. The monoisotopic (exact) mass is 1010 g/mol. The molecule has 0 aliphatic heterocycles. The van der Waals surface area contributed by atoms with Crippen LogP contribution >= 0.6 is 7.82 Å². The molecule has 410 valence electrons. The summed E-state index contributed by atoms with van der Waals surface area (Å²) in [7, 11) is -4.74. The van der Waals surface area contributed by atoms with Crippen molar-refractivity contribution < 1.29 is 52.2 Å². The Labute approximate surface area is 429 Å². The minimum absolute atomic E-state index is 0.170. The lowest BCUT2D eigenvalue weighted by Crippen LogP contribution is -2.30. The van der Waals surface area contributed by atoms with Crippen molar-refractivity contribution in [1.82, 2.24) is 0 Å². The van der Waals surface area contributed by atoms with E-state index in [1.165, 1.54) is 128 Å². The van der Waals surface area contributed by atoms with Crippen molar-refractivity contribution in [3.05, 3.63) is 36.5 Å². The summed E-state index contributed by atoms with van der Waals surface area (Å²) in [4.78, 5) is 48.5. The molecule has 0 heterocycles. The summed E-state index contributed by atoms with van der Waals surface area (Å²) in [6.45, 7) is 4.55. The van der Waals surface area contributed by atoms with Crippen LogP contribution in [0, 0.1) is 0 Å². The van der Waals surface area contributed by atoms with E-state index in [2.05, 4.69) is 57.2 Å². The fraction of sp³-hybridized carbons (Fsp3) is 0.845. The molecule has 0 bridgehead atoms. The van der Waals surface area contributed by atoms with E-state index in [0.29, 0.717) is 19.3 Å². The van der Waals surface area contributed by atoms with Gasteiger partial charge in [0.05, 0.1) is 19.8 Å². The highest BCUT2D eigenvalue weighted by atomic mass is 31.2. The number of rotatable bonds is 54. The highest BCUT2D eigenvalue weighted by Crippen LogP contribution is 2.43. The molecule has 0 saturated heterocycles. The summed E-state index contributed by atoms with van der Waals surface area (Å²) in [6.07, 6.45) is 53.9. The maximum atomic E-state index is 12.9. The second-order valence-corrected chi connectivity index (χ2v) is 20.9. The van der Waals surface area contributed by atoms with Crippen LogP contribution in [-0.2, 0) is 42.2 Å². The molecule has 2 N–H and O–H groups in total. The van der Waals surface area contributed by atoms with Gasteiger partial charge in [0.1, 0.15) is 12.7 Å². The number of phosphoric ester groups is 1. The van der Waals surface area contributed by atoms with Gasteiger partial charge in [0.15, 0.2) is 6.10 Å². The molecule has 0 aromatic heterocycles. The van der Waals surface area contributed by atoms with Gasteiger partial charge in [-0.05, 0) is 51.4 Å². The molecule has 12 heteroatoms. The molecule has 70 heavy (non-hydrogen) atoms. The number of hydrogen-bond donors (Lipinski definition) is 2. The Kier molecular flexibility index (Phi) is 51.3. The summed E-state index contributed by atoms with van der Waals surface area (Å²) in [5.74, 6) is -1.46. The van der Waals surface area contributed by atoms with Gasteiger partial charge >= 0.3 is 25.7 Å². The Hall–Kier alpha value is -2.30. The van der Waals surface area contributed by atoms with Gasteiger partial charge in [-0.15, -0.1) is 0 Å². The highest BCUT2D eigenvalue weighted by Gasteiger charge is 2.28. The van der Waals surface area contributed by atoms with Gasteiger partial charge in [-0.2, -0.15) is 0 Å². The molecule has 0 aliphatic rings. The van der Waals surface area contributed by atoms with Crippen LogP contribution in [0.15, 0.2) is 36.5 Å². The van der Waals surface area contributed by atoms with Crippen LogP contribution in [0.1, 0.15) is 278 Å². The zero-order valence-electron chi connectivity index (χ0n) is 45.2. The first kappa shape index (κ1) is 67.7. The Morgan fingerprint density at radius 1 is 0.414 bits per heavy atom. The highest BCUT2D eigenvalue weighted by molar-refractivity contribution is 7.47. The summed E-state index contributed by atoms with van der Waals surface area (Å²) < 4.78 is 39.5. The summed E-state index contributed by atoms with van der Waals surface area (Å²) in [5.41, 5.74) is 0. The van der Waals surface area contributed by atoms with Crippen LogP contribution in [0.3, 0.4) is 0 Å². The molecule has 0 aliphatic carbocycles. The lowest BCUT2D eigenvalue weighted by Gasteiger charge is -2.21. The van der Waals surface area contributed by atoms with Crippen molar-refractivity contribution >= 4 is 25.7 Å². The molecular formula is C58H107O11P. The van der Waals surface area contributed by atoms with E-state index in [0.717, 1.165) is 89.9 Å². The van der Waals surface area contributed by atoms with Crippen LogP contribution in [0.4, 0.5) is 0 Å². The first-order chi connectivity index (χ1) is 34.2. The fourth-order valence-corrected chi connectivity index (χ4v) is 8.98. The Bertz CT molecular complexity index is 1320. The van der Waals surface area contributed by atoms with Crippen LogP contribution in [0.5, 0.6) is 0 Å². The normalized spacial score (nSPS) is 13.6. The number of allylic oxidation sites excluding steroid dienone is 6. The van der Waals surface area contributed by atoms with Crippen molar-refractivity contribution in [3.63, 3.8) is 0 Å². The van der Waals surface area contributed by atoms with Gasteiger partial charge in [-0.25, -0.2) is 4.57 Å². The van der Waals surface area contributed by atoms with E-state index in [9.17, 15) is 28.9 Å². The number of carbonyl (C=O) groups is 3. The first-order valence-corrected chi connectivity index (χ1v) is 30.4. The average Bonchev–Trinajstić information content (AvgIpc) is 3.35. The molecule has 0 rings (SSSR count). The van der Waals surface area contributed by atoms with Crippen molar-refractivity contribution in [2.24, 2.45) is 0 Å². The number of esters is 3. The molecule has 0 aromatic carbocycles. The number of aliphatic hydroxyl groups is 1. The quantitative estimate of drug-likeness (QED) is 0.0197. The van der Waals surface area contributed by atoms with E-state index in [-0.39, 0.29) is 25.9 Å². The minimum Gasteiger partial charge on any atom is -0.462 e. The van der Waals surface area contributed by atoms with E-state index >= 15 is 0 Å². The molecule has 3 atom stereocenters. The van der Waals surface area contributed by atoms with E-state index < -0.39 is 57.8 Å². The third-order valence-corrected chi connectivity index (χ3v) is 13.5. The molecule has 0 saturated carbocycles. The number of phosphoric acid groups is 1. The van der Waals surface area contributed by atoms with Gasteiger partial charge in [-0.3, -0.25) is 23.4 Å². The number of aliphatic hydroxyl groups excluding tert-OH is 1. The number of carbonyl (C=O) groups excluding carboxylic acids is 3. The van der Waals surface area contributed by atoms with Gasteiger partial charge in [0.2, 0.25) is 0 Å². The van der Waals surface area contributed by atoms with Crippen LogP contribution < -0.4 is 0 Å². The molecule has 0 spiro atoms. The van der Waals surface area contributed by atoms with Gasteiger partial charge < -0.3 is 24.2 Å². The maximum absolute atomic E-state index is 12.9. The van der Waals surface area contributed by atoms with Gasteiger partial charge in [0.25, 0.3) is 0 Å². The van der Waals surface area contributed by atoms with E-state index in [1.54, 1.807) is 0 Å². The van der Waals surface area contributed by atoms with E-state index in [4.69, 9.17) is 23.3 Å². The van der Waals surface area contributed by atoms with Crippen molar-refractivity contribution in [1.29, 1.82) is 0 Å². The second kappa shape index (κ2) is 53.0. The second-order valence-electron chi connectivity index (χ2n) is 19.4. The molecule has 3 unspecified atom stereocenters. The van der Waals surface area contributed by atoms with Crippen molar-refractivity contribution in [2.45, 2.75) is 290 Å². The zero-order valence-corrected chi connectivity index (χ0v) is 46.1. The Balaban J connectivity index is 4.71. The zero-order chi connectivity index (χ0) is 51.3. The minimum atomic E-state index is -4.74. The molecule has 0 aromatic rings. The summed E-state index contributed by atoms with van der Waals surface area (Å²) in [6, 6.07) is 0. The lowest BCUT2D eigenvalue weighted by molar-refractivity contribution is -0.161. The third kappa shape index (κ3) is 50.6. The van der Waals surface area contributed by atoms with Crippen molar-refractivity contribution in [3.8, 4) is 0 Å². The van der Waals surface area contributed by atoms with E-state index in [1.807, 2.05) is 0 Å².